The predicted octanol–water partition coefficient (Wildman–Crippen LogP) is -0.623. The summed E-state index contributed by atoms with van der Waals surface area (Å²) in [6, 6.07) is 7.37. The van der Waals surface area contributed by atoms with Gasteiger partial charge in [0.2, 0.25) is 0 Å². The zero-order valence-electron chi connectivity index (χ0n) is 6.81. The fourth-order valence-corrected chi connectivity index (χ4v) is 0.720. The van der Waals surface area contributed by atoms with Gasteiger partial charge in [0, 0.05) is 0 Å². The van der Waals surface area contributed by atoms with Gasteiger partial charge in [0.1, 0.15) is 0 Å². The molecule has 0 bridgehead atoms. The Bertz CT molecular complexity index is 241. The molecule has 0 fully saturated rings. The molecular weight excluding hydrogens is 147 g/mol. The normalized spacial score (nSPS) is 8.45. The van der Waals surface area contributed by atoms with E-state index >= 15 is 0 Å². The van der Waals surface area contributed by atoms with Crippen molar-refractivity contribution in [3.63, 3.8) is 0 Å². The fourth-order valence-electron chi connectivity index (χ4n) is 0.720. The zero-order valence-corrected chi connectivity index (χ0v) is 8.81. The minimum atomic E-state index is -0.125. The third-order valence-corrected chi connectivity index (χ3v) is 1.34. The molecule has 1 aromatic carbocycles. The number of hydrogen-bond donors (Lipinski definition) is 1. The van der Waals surface area contributed by atoms with Gasteiger partial charge in [-0.05, 0) is 12.5 Å². The van der Waals surface area contributed by atoms with Crippen molar-refractivity contribution in [2.45, 2.75) is 6.92 Å². The Morgan fingerprint density at radius 2 is 1.73 bits per heavy atom. The van der Waals surface area contributed by atoms with Crippen LogP contribution >= 0.6 is 0 Å². The molecule has 1 aromatic rings. The van der Waals surface area contributed by atoms with Crippen molar-refractivity contribution in [1.29, 1.82) is 5.41 Å². The van der Waals surface area contributed by atoms with Gasteiger partial charge in [0.05, 0.1) is 0 Å². The minimum absolute atomic E-state index is 0. The Kier molecular flexibility index (Phi) is 4.42. The summed E-state index contributed by atoms with van der Waals surface area (Å²) in [4.78, 5) is 0. The summed E-state index contributed by atoms with van der Waals surface area (Å²) in [5.41, 5.74) is 8.80. The van der Waals surface area contributed by atoms with E-state index in [0.717, 1.165) is 5.56 Å². The molecule has 0 radical (unpaired) electrons. The fraction of sp³-hybridized carbons (Fsp3) is 0.125. The van der Waals surface area contributed by atoms with Gasteiger partial charge in [0.25, 0.3) is 0 Å². The van der Waals surface area contributed by atoms with Crippen LogP contribution in [0.5, 0.6) is 0 Å². The van der Waals surface area contributed by atoms with Crippen LogP contribution in [-0.4, -0.2) is 5.84 Å². The average Bonchev–Trinajstić information content (AvgIpc) is 1.88. The second-order valence-corrected chi connectivity index (χ2v) is 2.24. The molecule has 0 aliphatic rings. The Hall–Kier alpha value is -0.310. The zero-order chi connectivity index (χ0) is 7.56. The van der Waals surface area contributed by atoms with Crippen molar-refractivity contribution in [2.75, 3.05) is 0 Å². The van der Waals surface area contributed by atoms with Gasteiger partial charge in [-0.2, -0.15) is 0 Å². The van der Waals surface area contributed by atoms with E-state index in [1.807, 2.05) is 19.1 Å². The van der Waals surface area contributed by atoms with Gasteiger partial charge < -0.3 is 11.1 Å². The first kappa shape index (κ1) is 10.7. The van der Waals surface area contributed by atoms with E-state index in [1.165, 1.54) is 0 Å². The molecule has 0 aliphatic heterocycles. The smallest absolute Gasteiger partial charge is 0.482 e. The van der Waals surface area contributed by atoms with Gasteiger partial charge in [-0.3, -0.25) is 0 Å². The first-order valence-corrected chi connectivity index (χ1v) is 3.07. The number of benzene rings is 1. The van der Waals surface area contributed by atoms with Crippen LogP contribution in [0.15, 0.2) is 24.3 Å². The molecule has 3 heteroatoms. The Morgan fingerprint density at radius 1 is 1.27 bits per heavy atom. The van der Waals surface area contributed by atoms with E-state index in [1.54, 1.807) is 12.1 Å². The van der Waals surface area contributed by atoms with Crippen molar-refractivity contribution in [2.24, 2.45) is 0 Å². The molecule has 0 saturated carbocycles. The molecule has 0 aliphatic carbocycles. The molecule has 1 rings (SSSR count). The van der Waals surface area contributed by atoms with Gasteiger partial charge in [-0.1, -0.05) is 35.7 Å². The maximum atomic E-state index is 6.97. The summed E-state index contributed by atoms with van der Waals surface area (Å²) in [6.07, 6.45) is 0. The molecule has 0 amide bonds. The van der Waals surface area contributed by atoms with E-state index in [2.05, 4.69) is 0 Å². The summed E-state index contributed by atoms with van der Waals surface area (Å²) < 4.78 is 0. The van der Waals surface area contributed by atoms with Gasteiger partial charge in [-0.15, -0.1) is 0 Å². The van der Waals surface area contributed by atoms with Crippen molar-refractivity contribution < 1.29 is 29.6 Å². The summed E-state index contributed by atoms with van der Waals surface area (Å²) in [5, 5.41) is 6.97. The molecule has 0 heterocycles. The molecule has 52 valence electrons. The number of aryl methyl sites for hydroxylation is 1. The van der Waals surface area contributed by atoms with Gasteiger partial charge in [-0.25, -0.2) is 0 Å². The first-order valence-electron chi connectivity index (χ1n) is 3.07. The Morgan fingerprint density at radius 3 is 2.09 bits per heavy atom. The maximum Gasteiger partial charge on any atom is 1.00 e. The monoisotopic (exact) mass is 156 g/mol. The average molecular weight is 156 g/mol. The number of nitrogens with one attached hydrogen (secondary N) is 2. The molecule has 0 aromatic heterocycles. The van der Waals surface area contributed by atoms with Crippen LogP contribution in [0.3, 0.4) is 0 Å². The maximum absolute atomic E-state index is 6.97. The molecule has 0 saturated heterocycles. The first-order chi connectivity index (χ1) is 4.70. The van der Waals surface area contributed by atoms with Crippen molar-refractivity contribution in [3.8, 4) is 0 Å². The second kappa shape index (κ2) is 4.54. The third-order valence-electron chi connectivity index (χ3n) is 1.34. The summed E-state index contributed by atoms with van der Waals surface area (Å²) in [5.74, 6) is -0.125. The topological polar surface area (TPSA) is 47.7 Å². The quantitative estimate of drug-likeness (QED) is 0.320. The Balaban J connectivity index is 0.000001000. The van der Waals surface area contributed by atoms with E-state index < -0.39 is 0 Å². The van der Waals surface area contributed by atoms with Crippen LogP contribution in [-0.2, 0) is 0 Å². The molecule has 0 spiro atoms. The number of hydrogen-bond acceptors (Lipinski definition) is 1. The standard InChI is InChI=1S/C8H9N2.Na/c1-6-2-4-7(5-3-6)8(9)10;/h2-5H,1H3,(H2-,9,10);/q-1;+1. The van der Waals surface area contributed by atoms with E-state index in [4.69, 9.17) is 11.1 Å². The number of rotatable bonds is 1. The summed E-state index contributed by atoms with van der Waals surface area (Å²) in [6.45, 7) is 1.98. The van der Waals surface area contributed by atoms with Crippen LogP contribution in [0.1, 0.15) is 11.1 Å². The van der Waals surface area contributed by atoms with Gasteiger partial charge >= 0.3 is 29.6 Å². The SMILES string of the molecule is Cc1ccc(C(=N)[NH-])cc1.[Na+]. The van der Waals surface area contributed by atoms with Crippen LogP contribution in [0, 0.1) is 12.3 Å². The minimum Gasteiger partial charge on any atom is -0.482 e. The number of amidine groups is 1. The Labute approximate surface area is 88.6 Å². The largest absolute Gasteiger partial charge is 1.00 e. The molecule has 0 atom stereocenters. The summed E-state index contributed by atoms with van der Waals surface area (Å²) >= 11 is 0. The van der Waals surface area contributed by atoms with Crippen molar-refractivity contribution >= 4 is 5.84 Å². The molecule has 2 nitrogen and oxygen atoms in total. The summed E-state index contributed by atoms with van der Waals surface area (Å²) in [7, 11) is 0. The third kappa shape index (κ3) is 3.06. The molecule has 11 heavy (non-hydrogen) atoms. The van der Waals surface area contributed by atoms with E-state index in [0.29, 0.717) is 5.56 Å². The second-order valence-electron chi connectivity index (χ2n) is 2.24. The molecule has 0 unspecified atom stereocenters. The van der Waals surface area contributed by atoms with E-state index in [-0.39, 0.29) is 35.4 Å². The molecular formula is C8H9N2Na. The predicted molar refractivity (Wildman–Crippen MR) is 42.3 cm³/mol. The van der Waals surface area contributed by atoms with Crippen molar-refractivity contribution in [3.05, 3.63) is 41.1 Å². The van der Waals surface area contributed by atoms with Crippen LogP contribution in [0.25, 0.3) is 5.73 Å². The molecule has 2 N–H and O–H groups in total. The van der Waals surface area contributed by atoms with Crippen LogP contribution in [0.4, 0.5) is 0 Å². The van der Waals surface area contributed by atoms with Crippen molar-refractivity contribution in [1.82, 2.24) is 0 Å². The van der Waals surface area contributed by atoms with E-state index in [9.17, 15) is 0 Å². The van der Waals surface area contributed by atoms with Crippen LogP contribution in [0.2, 0.25) is 0 Å². The van der Waals surface area contributed by atoms with Gasteiger partial charge in [0.15, 0.2) is 0 Å². The van der Waals surface area contributed by atoms with Crippen LogP contribution < -0.4 is 29.6 Å².